The Morgan fingerprint density at radius 1 is 1.00 bits per heavy atom. The molecule has 0 bridgehead atoms. The summed E-state index contributed by atoms with van der Waals surface area (Å²) in [4.78, 5) is 18.6. The summed E-state index contributed by atoms with van der Waals surface area (Å²) in [6.07, 6.45) is 4.83. The average Bonchev–Trinajstić information content (AvgIpc) is 2.76. The van der Waals surface area contributed by atoms with E-state index in [1.54, 1.807) is 30.6 Å². The van der Waals surface area contributed by atoms with Crippen LogP contribution in [0.15, 0.2) is 60.9 Å². The first-order valence-electron chi connectivity index (χ1n) is 9.25. The third kappa shape index (κ3) is 3.98. The van der Waals surface area contributed by atoms with E-state index in [-0.39, 0.29) is 17.5 Å². The Balaban J connectivity index is 1.35. The fraction of sp³-hybridized carbons (Fsp3) is 0.238. The minimum Gasteiger partial charge on any atom is -0.355 e. The number of halogens is 1. The van der Waals surface area contributed by atoms with Gasteiger partial charge < -0.3 is 10.2 Å². The Labute approximate surface area is 162 Å². The van der Waals surface area contributed by atoms with Crippen molar-refractivity contribution in [3.63, 3.8) is 0 Å². The first kappa shape index (κ1) is 18.0. The summed E-state index contributed by atoms with van der Waals surface area (Å²) in [5, 5.41) is 11.3. The van der Waals surface area contributed by atoms with Gasteiger partial charge in [0.2, 0.25) is 5.91 Å². The van der Waals surface area contributed by atoms with Gasteiger partial charge in [0, 0.05) is 37.0 Å². The predicted molar refractivity (Wildman–Crippen MR) is 105 cm³/mol. The number of para-hydroxylation sites is 1. The summed E-state index contributed by atoms with van der Waals surface area (Å²) in [5.74, 6) is 0.104. The zero-order valence-corrected chi connectivity index (χ0v) is 15.3. The molecule has 0 unspecified atom stereocenters. The van der Waals surface area contributed by atoms with Crippen molar-refractivity contribution in [1.82, 2.24) is 15.2 Å². The number of rotatable bonds is 4. The van der Waals surface area contributed by atoms with Crippen LogP contribution >= 0.6 is 0 Å². The molecule has 0 atom stereocenters. The van der Waals surface area contributed by atoms with Crippen LogP contribution < -0.4 is 10.2 Å². The minimum absolute atomic E-state index is 0.135. The standard InChI is InChI=1S/C21H20FN5O/c22-17-3-1-2-4-19(17)24-21(28)16-9-13-27(14-10-16)20-6-5-18(25-26-20)15-7-11-23-12-8-15/h1-8,11-12,16H,9-10,13-14H2,(H,24,28). The third-order valence-electron chi connectivity index (χ3n) is 4.95. The second-order valence-electron chi connectivity index (χ2n) is 6.74. The van der Waals surface area contributed by atoms with Gasteiger partial charge in [-0.1, -0.05) is 12.1 Å². The molecule has 142 valence electrons. The Hall–Kier alpha value is -3.35. The van der Waals surface area contributed by atoms with Crippen LogP contribution in [0.25, 0.3) is 11.3 Å². The van der Waals surface area contributed by atoms with Crippen LogP contribution in [-0.2, 0) is 4.79 Å². The van der Waals surface area contributed by atoms with Gasteiger partial charge in [-0.05, 0) is 49.2 Å². The highest BCUT2D eigenvalue weighted by Gasteiger charge is 2.26. The molecule has 3 heterocycles. The molecule has 0 radical (unpaired) electrons. The van der Waals surface area contributed by atoms with E-state index in [1.807, 2.05) is 24.3 Å². The van der Waals surface area contributed by atoms with Crippen molar-refractivity contribution >= 4 is 17.4 Å². The van der Waals surface area contributed by atoms with Crippen molar-refractivity contribution in [3.05, 3.63) is 66.7 Å². The molecule has 1 fully saturated rings. The molecule has 0 spiro atoms. The molecule has 1 aliphatic rings. The van der Waals surface area contributed by atoms with Gasteiger partial charge in [-0.25, -0.2) is 4.39 Å². The highest BCUT2D eigenvalue weighted by molar-refractivity contribution is 5.92. The molecule has 0 aliphatic carbocycles. The molecule has 2 aromatic heterocycles. The lowest BCUT2D eigenvalue weighted by Gasteiger charge is -2.31. The topological polar surface area (TPSA) is 71.0 Å². The number of carbonyl (C=O) groups is 1. The molecule has 0 saturated carbocycles. The summed E-state index contributed by atoms with van der Waals surface area (Å²) in [6.45, 7) is 1.41. The smallest absolute Gasteiger partial charge is 0.227 e. The number of hydrogen-bond acceptors (Lipinski definition) is 5. The van der Waals surface area contributed by atoms with Crippen molar-refractivity contribution in [2.24, 2.45) is 5.92 Å². The Morgan fingerprint density at radius 2 is 1.75 bits per heavy atom. The van der Waals surface area contributed by atoms with Crippen LogP contribution in [0.2, 0.25) is 0 Å². The first-order valence-corrected chi connectivity index (χ1v) is 9.25. The number of pyridine rings is 1. The highest BCUT2D eigenvalue weighted by Crippen LogP contribution is 2.24. The number of piperidine rings is 1. The van der Waals surface area contributed by atoms with Gasteiger partial charge in [-0.3, -0.25) is 9.78 Å². The van der Waals surface area contributed by atoms with Crippen LogP contribution in [0, 0.1) is 11.7 Å². The van der Waals surface area contributed by atoms with Crippen LogP contribution in [0.4, 0.5) is 15.9 Å². The number of benzene rings is 1. The molecule has 7 heteroatoms. The predicted octanol–water partition coefficient (Wildman–Crippen LogP) is 3.53. The van der Waals surface area contributed by atoms with E-state index in [2.05, 4.69) is 25.4 Å². The lowest BCUT2D eigenvalue weighted by Crippen LogP contribution is -2.38. The van der Waals surface area contributed by atoms with Crippen LogP contribution in [-0.4, -0.2) is 34.2 Å². The molecular weight excluding hydrogens is 357 g/mol. The van der Waals surface area contributed by atoms with Crippen molar-refractivity contribution in [1.29, 1.82) is 0 Å². The van der Waals surface area contributed by atoms with Crippen molar-refractivity contribution in [2.75, 3.05) is 23.3 Å². The van der Waals surface area contributed by atoms with E-state index in [1.165, 1.54) is 6.07 Å². The van der Waals surface area contributed by atoms with Crippen LogP contribution in [0.3, 0.4) is 0 Å². The van der Waals surface area contributed by atoms with Gasteiger partial charge in [0.05, 0.1) is 11.4 Å². The van der Waals surface area contributed by atoms with Crippen molar-refractivity contribution < 1.29 is 9.18 Å². The molecule has 6 nitrogen and oxygen atoms in total. The Kier molecular flexibility index (Phi) is 5.23. The fourth-order valence-corrected chi connectivity index (χ4v) is 3.34. The summed E-state index contributed by atoms with van der Waals surface area (Å²) < 4.78 is 13.7. The molecular formula is C21H20FN5O. The first-order chi connectivity index (χ1) is 13.7. The van der Waals surface area contributed by atoms with E-state index in [0.717, 1.165) is 17.1 Å². The monoisotopic (exact) mass is 377 g/mol. The minimum atomic E-state index is -0.419. The van der Waals surface area contributed by atoms with Gasteiger partial charge in [0.25, 0.3) is 0 Å². The maximum atomic E-state index is 13.7. The van der Waals surface area contributed by atoms with Crippen molar-refractivity contribution in [2.45, 2.75) is 12.8 Å². The molecule has 1 amide bonds. The SMILES string of the molecule is O=C(Nc1ccccc1F)C1CCN(c2ccc(-c3ccncc3)nn2)CC1. The molecule has 3 aromatic rings. The van der Waals surface area contributed by atoms with Gasteiger partial charge in [0.15, 0.2) is 5.82 Å². The van der Waals surface area contributed by atoms with Gasteiger partial charge >= 0.3 is 0 Å². The van der Waals surface area contributed by atoms with Crippen LogP contribution in [0.5, 0.6) is 0 Å². The summed E-state index contributed by atoms with van der Waals surface area (Å²) in [7, 11) is 0. The lowest BCUT2D eigenvalue weighted by atomic mass is 9.95. The van der Waals surface area contributed by atoms with Gasteiger partial charge in [-0.2, -0.15) is 0 Å². The molecule has 4 rings (SSSR count). The molecule has 1 aliphatic heterocycles. The number of anilines is 2. The average molecular weight is 377 g/mol. The molecule has 28 heavy (non-hydrogen) atoms. The number of nitrogens with one attached hydrogen (secondary N) is 1. The van der Waals surface area contributed by atoms with E-state index >= 15 is 0 Å². The molecule has 1 N–H and O–H groups in total. The summed E-state index contributed by atoms with van der Waals surface area (Å²) >= 11 is 0. The number of hydrogen-bond donors (Lipinski definition) is 1. The maximum Gasteiger partial charge on any atom is 0.227 e. The lowest BCUT2D eigenvalue weighted by molar-refractivity contribution is -0.120. The van der Waals surface area contributed by atoms with E-state index in [4.69, 9.17) is 0 Å². The zero-order valence-electron chi connectivity index (χ0n) is 15.3. The Morgan fingerprint density at radius 3 is 2.43 bits per heavy atom. The number of carbonyl (C=O) groups excluding carboxylic acids is 1. The summed E-state index contributed by atoms with van der Waals surface area (Å²) in [5.41, 5.74) is 2.00. The zero-order chi connectivity index (χ0) is 19.3. The third-order valence-corrected chi connectivity index (χ3v) is 4.95. The van der Waals surface area contributed by atoms with Crippen LogP contribution in [0.1, 0.15) is 12.8 Å². The Bertz CT molecular complexity index is 941. The normalized spacial score (nSPS) is 14.7. The van der Waals surface area contributed by atoms with Gasteiger partial charge in [0.1, 0.15) is 5.82 Å². The fourth-order valence-electron chi connectivity index (χ4n) is 3.34. The largest absolute Gasteiger partial charge is 0.355 e. The number of aromatic nitrogens is 3. The number of amides is 1. The van der Waals surface area contributed by atoms with E-state index < -0.39 is 5.82 Å². The highest BCUT2D eigenvalue weighted by atomic mass is 19.1. The van der Waals surface area contributed by atoms with E-state index in [0.29, 0.717) is 25.9 Å². The van der Waals surface area contributed by atoms with E-state index in [9.17, 15) is 9.18 Å². The second kappa shape index (κ2) is 8.12. The maximum absolute atomic E-state index is 13.7. The number of nitrogens with zero attached hydrogens (tertiary/aromatic N) is 4. The van der Waals surface area contributed by atoms with Gasteiger partial charge in [-0.15, -0.1) is 10.2 Å². The molecule has 1 saturated heterocycles. The quantitative estimate of drug-likeness (QED) is 0.753. The molecule has 1 aromatic carbocycles. The summed E-state index contributed by atoms with van der Waals surface area (Å²) in [6, 6.07) is 13.9. The van der Waals surface area contributed by atoms with Crippen molar-refractivity contribution in [3.8, 4) is 11.3 Å². The second-order valence-corrected chi connectivity index (χ2v) is 6.74.